The SMILES string of the molecule is Cc1ccc(C2C=C(c3ccccc3)SP3(=S)SC(c4ccccc4)=CC23c2ccc(C)cc2)cc1. The Morgan fingerprint density at radius 3 is 1.72 bits per heavy atom. The van der Waals surface area contributed by atoms with Crippen LogP contribution in [0.3, 0.4) is 0 Å². The maximum absolute atomic E-state index is 6.87. The van der Waals surface area contributed by atoms with Gasteiger partial charge in [0.05, 0.1) is 9.60 Å². The summed E-state index contributed by atoms with van der Waals surface area (Å²) in [5.41, 5.74) is 7.73. The van der Waals surface area contributed by atoms with Gasteiger partial charge in [-0.25, -0.2) is 0 Å². The third-order valence-electron chi connectivity index (χ3n) is 7.10. The van der Waals surface area contributed by atoms with Gasteiger partial charge in [-0.05, 0) is 36.1 Å². The Hall–Kier alpha value is -2.29. The molecule has 0 radical (unpaired) electrons. The molecule has 2 heterocycles. The summed E-state index contributed by atoms with van der Waals surface area (Å²) in [6, 6.07) is 39.8. The summed E-state index contributed by atoms with van der Waals surface area (Å²) in [6.45, 7) is 4.32. The summed E-state index contributed by atoms with van der Waals surface area (Å²) >= 11 is 10.8. The van der Waals surface area contributed by atoms with E-state index in [9.17, 15) is 0 Å². The molecule has 178 valence electrons. The number of hydrogen-bond donors (Lipinski definition) is 0. The molecule has 0 bridgehead atoms. The lowest BCUT2D eigenvalue weighted by atomic mass is 9.78. The van der Waals surface area contributed by atoms with Crippen LogP contribution >= 0.6 is 27.2 Å². The van der Waals surface area contributed by atoms with Gasteiger partial charge in [-0.2, -0.15) is 0 Å². The van der Waals surface area contributed by atoms with Crippen molar-refractivity contribution in [2.24, 2.45) is 0 Å². The highest BCUT2D eigenvalue weighted by Gasteiger charge is 2.57. The largest absolute Gasteiger partial charge is 0.0811 e. The fraction of sp³-hybridized carbons (Fsp3) is 0.125. The molecule has 0 aliphatic carbocycles. The van der Waals surface area contributed by atoms with Crippen molar-refractivity contribution < 1.29 is 0 Å². The van der Waals surface area contributed by atoms with Gasteiger partial charge in [0.25, 0.3) is 0 Å². The molecule has 4 aromatic carbocycles. The van der Waals surface area contributed by atoms with Crippen LogP contribution in [0.25, 0.3) is 9.81 Å². The first-order valence-corrected chi connectivity index (χ1v) is 17.8. The molecule has 2 aliphatic heterocycles. The number of fused-ring (bicyclic) bond motifs is 1. The Balaban J connectivity index is 1.64. The number of benzene rings is 4. The Bertz CT molecular complexity index is 1470. The molecular formula is C32H27PS3. The van der Waals surface area contributed by atoms with Crippen LogP contribution in [-0.2, 0) is 17.0 Å². The standard InChI is InChI=1S/C32H27PS3/c1-23-13-17-25(18-14-23)29-21-30(26-9-5-3-6-10-26)35-33(34)32(29,28-19-15-24(2)16-20-28)22-31(36-33)27-11-7-4-8-12-27/h3-22,29H,1-2H3. The number of aryl methyl sites for hydroxylation is 2. The molecule has 2 aliphatic rings. The predicted octanol–water partition coefficient (Wildman–Crippen LogP) is 10.2. The Labute approximate surface area is 227 Å². The third kappa shape index (κ3) is 4.07. The zero-order valence-electron chi connectivity index (χ0n) is 20.3. The molecular weight excluding hydrogens is 512 g/mol. The first kappa shape index (κ1) is 24.1. The van der Waals surface area contributed by atoms with Crippen molar-refractivity contribution in [3.05, 3.63) is 155 Å². The minimum atomic E-state index is -2.11. The molecule has 0 spiro atoms. The van der Waals surface area contributed by atoms with E-state index in [-0.39, 0.29) is 11.1 Å². The van der Waals surface area contributed by atoms with Gasteiger partial charge >= 0.3 is 0 Å². The van der Waals surface area contributed by atoms with Gasteiger partial charge in [0.1, 0.15) is 0 Å². The maximum Gasteiger partial charge on any atom is 0.0811 e. The summed E-state index contributed by atoms with van der Waals surface area (Å²) < 4.78 is -2.11. The van der Waals surface area contributed by atoms with Crippen molar-refractivity contribution in [2.75, 3.05) is 0 Å². The van der Waals surface area contributed by atoms with Crippen molar-refractivity contribution in [3.8, 4) is 0 Å². The van der Waals surface area contributed by atoms with Gasteiger partial charge in [-0.3, -0.25) is 0 Å². The molecule has 0 saturated heterocycles. The van der Waals surface area contributed by atoms with Crippen molar-refractivity contribution in [2.45, 2.75) is 24.9 Å². The van der Waals surface area contributed by atoms with Crippen molar-refractivity contribution >= 4 is 48.8 Å². The van der Waals surface area contributed by atoms with Crippen LogP contribution in [0.4, 0.5) is 0 Å². The van der Waals surface area contributed by atoms with E-state index in [4.69, 9.17) is 11.8 Å². The summed E-state index contributed by atoms with van der Waals surface area (Å²) in [5.74, 6) is 0.150. The monoisotopic (exact) mass is 538 g/mol. The van der Waals surface area contributed by atoms with Crippen molar-refractivity contribution in [3.63, 3.8) is 0 Å². The molecule has 0 saturated carbocycles. The van der Waals surface area contributed by atoms with Crippen LogP contribution in [0.2, 0.25) is 0 Å². The zero-order chi connectivity index (χ0) is 24.8. The molecule has 0 amide bonds. The fourth-order valence-electron chi connectivity index (χ4n) is 5.16. The average molecular weight is 539 g/mol. The third-order valence-corrected chi connectivity index (χ3v) is 18.3. The smallest absolute Gasteiger partial charge is 0.0760 e. The lowest BCUT2D eigenvalue weighted by Gasteiger charge is -2.46. The molecule has 0 aromatic heterocycles. The lowest BCUT2D eigenvalue weighted by Crippen LogP contribution is -2.29. The quantitative estimate of drug-likeness (QED) is 0.237. The Kier molecular flexibility index (Phi) is 6.38. The number of hydrogen-bond acceptors (Lipinski definition) is 3. The minimum Gasteiger partial charge on any atom is -0.0760 e. The van der Waals surface area contributed by atoms with Crippen LogP contribution in [0.1, 0.15) is 39.3 Å². The molecule has 6 rings (SSSR count). The topological polar surface area (TPSA) is 0 Å². The van der Waals surface area contributed by atoms with Crippen LogP contribution < -0.4 is 0 Å². The summed E-state index contributed by atoms with van der Waals surface area (Å²) in [4.78, 5) is 2.62. The van der Waals surface area contributed by atoms with E-state index in [1.54, 1.807) is 0 Å². The molecule has 4 aromatic rings. The van der Waals surface area contributed by atoms with Crippen molar-refractivity contribution in [1.82, 2.24) is 0 Å². The highest BCUT2D eigenvalue weighted by Crippen LogP contribution is 2.92. The van der Waals surface area contributed by atoms with Gasteiger partial charge in [-0.15, -0.1) is 0 Å². The second kappa shape index (κ2) is 9.54. The normalized spacial score (nSPS) is 25.1. The van der Waals surface area contributed by atoms with E-state index in [1.807, 2.05) is 22.8 Å². The second-order valence-electron chi connectivity index (χ2n) is 9.53. The lowest BCUT2D eigenvalue weighted by molar-refractivity contribution is 0.676. The molecule has 0 fully saturated rings. The van der Waals surface area contributed by atoms with Gasteiger partial charge < -0.3 is 0 Å². The molecule has 3 unspecified atom stereocenters. The first-order chi connectivity index (χ1) is 17.5. The van der Waals surface area contributed by atoms with Gasteiger partial charge in [0, 0.05) is 15.7 Å². The van der Waals surface area contributed by atoms with E-state index in [0.717, 1.165) is 0 Å². The van der Waals surface area contributed by atoms with Gasteiger partial charge in [0.15, 0.2) is 0 Å². The summed E-state index contributed by atoms with van der Waals surface area (Å²) in [5, 5.41) is -0.274. The Morgan fingerprint density at radius 2 is 1.14 bits per heavy atom. The van der Waals surface area contributed by atoms with Crippen LogP contribution in [0.15, 0.2) is 121 Å². The molecule has 36 heavy (non-hydrogen) atoms. The average Bonchev–Trinajstić information content (AvgIpc) is 3.24. The molecule has 3 atom stereocenters. The summed E-state index contributed by atoms with van der Waals surface area (Å²) in [7, 11) is 0. The van der Waals surface area contributed by atoms with E-state index >= 15 is 0 Å². The highest BCUT2D eigenvalue weighted by molar-refractivity contribution is 9.04. The van der Waals surface area contributed by atoms with Gasteiger partial charge in [0.2, 0.25) is 0 Å². The fourth-order valence-corrected chi connectivity index (χ4v) is 17.6. The van der Waals surface area contributed by atoms with E-state index in [2.05, 4.69) is 135 Å². The van der Waals surface area contributed by atoms with E-state index in [0.29, 0.717) is 0 Å². The maximum atomic E-state index is 6.87. The van der Waals surface area contributed by atoms with Crippen LogP contribution in [0.5, 0.6) is 0 Å². The van der Waals surface area contributed by atoms with Crippen molar-refractivity contribution in [1.29, 1.82) is 0 Å². The molecule has 4 heteroatoms. The van der Waals surface area contributed by atoms with E-state index < -0.39 is 4.44 Å². The van der Waals surface area contributed by atoms with Crippen LogP contribution in [0, 0.1) is 13.8 Å². The summed E-state index contributed by atoms with van der Waals surface area (Å²) in [6.07, 6.45) is 5.04. The van der Waals surface area contributed by atoms with Gasteiger partial charge in [-0.1, -0.05) is 167 Å². The first-order valence-electron chi connectivity index (χ1n) is 12.2. The second-order valence-corrected chi connectivity index (χ2v) is 20.6. The number of rotatable bonds is 4. The van der Waals surface area contributed by atoms with Crippen LogP contribution in [-0.4, -0.2) is 0 Å². The van der Waals surface area contributed by atoms with E-state index in [1.165, 1.54) is 43.2 Å². The zero-order valence-corrected chi connectivity index (χ0v) is 23.6. The minimum absolute atomic E-state index is 0.150. The predicted molar refractivity (Wildman–Crippen MR) is 165 cm³/mol. The molecule has 0 nitrogen and oxygen atoms in total. The molecule has 0 N–H and O–H groups in total. The number of allylic oxidation sites excluding steroid dienone is 2. The Morgan fingerprint density at radius 1 is 0.639 bits per heavy atom. The highest BCUT2D eigenvalue weighted by atomic mass is 33.2.